The minimum absolute atomic E-state index is 0.0457. The maximum Gasteiger partial charge on any atom is 0.259 e. The van der Waals surface area contributed by atoms with Gasteiger partial charge in [0.15, 0.2) is 5.75 Å². The number of amides is 2. The van der Waals surface area contributed by atoms with Gasteiger partial charge >= 0.3 is 0 Å². The number of hydrogen-bond acceptors (Lipinski definition) is 6. The molecule has 164 valence electrons. The first kappa shape index (κ1) is 21.5. The summed E-state index contributed by atoms with van der Waals surface area (Å²) in [6.07, 6.45) is 0. The molecule has 0 fully saturated rings. The molecule has 2 amide bonds. The zero-order chi connectivity index (χ0) is 23.4. The topological polar surface area (TPSA) is 126 Å². The molecular formula is C25H20N4O4. The molecule has 0 aliphatic rings. The van der Waals surface area contributed by atoms with Crippen LogP contribution in [0.25, 0.3) is 10.8 Å². The molecule has 0 unspecified atom stereocenters. The summed E-state index contributed by atoms with van der Waals surface area (Å²) in [5.41, 5.74) is 6.58. The van der Waals surface area contributed by atoms with E-state index in [-0.39, 0.29) is 28.3 Å². The van der Waals surface area contributed by atoms with Gasteiger partial charge in [-0.15, -0.1) is 10.2 Å². The Balaban J connectivity index is 1.81. The van der Waals surface area contributed by atoms with Crippen LogP contribution in [0.1, 0.15) is 20.7 Å². The zero-order valence-electron chi connectivity index (χ0n) is 17.6. The summed E-state index contributed by atoms with van der Waals surface area (Å²) in [6.45, 7) is 0. The molecule has 0 radical (unpaired) electrons. The number of ether oxygens (including phenoxy) is 1. The highest BCUT2D eigenvalue weighted by molar-refractivity contribution is 6.11. The van der Waals surface area contributed by atoms with Crippen molar-refractivity contribution < 1.29 is 19.4 Å². The lowest BCUT2D eigenvalue weighted by atomic mass is 10.0. The van der Waals surface area contributed by atoms with Gasteiger partial charge in [0.25, 0.3) is 5.91 Å². The third kappa shape index (κ3) is 4.49. The van der Waals surface area contributed by atoms with Crippen molar-refractivity contribution in [2.75, 3.05) is 12.4 Å². The summed E-state index contributed by atoms with van der Waals surface area (Å²) < 4.78 is 5.28. The predicted octanol–water partition coefficient (Wildman–Crippen LogP) is 5.32. The van der Waals surface area contributed by atoms with Crippen LogP contribution in [0.2, 0.25) is 0 Å². The monoisotopic (exact) mass is 440 g/mol. The Kier molecular flexibility index (Phi) is 5.99. The second kappa shape index (κ2) is 9.19. The molecule has 0 saturated heterocycles. The van der Waals surface area contributed by atoms with Crippen LogP contribution in [0.4, 0.5) is 17.1 Å². The van der Waals surface area contributed by atoms with E-state index < -0.39 is 11.8 Å². The van der Waals surface area contributed by atoms with Gasteiger partial charge < -0.3 is 20.9 Å². The Morgan fingerprint density at radius 1 is 0.939 bits per heavy atom. The molecule has 0 bridgehead atoms. The Bertz CT molecular complexity index is 1380. The van der Waals surface area contributed by atoms with Crippen molar-refractivity contribution in [3.63, 3.8) is 0 Å². The second-order valence-corrected chi connectivity index (χ2v) is 7.11. The normalized spacial score (nSPS) is 10.9. The van der Waals surface area contributed by atoms with E-state index in [2.05, 4.69) is 15.5 Å². The first-order valence-corrected chi connectivity index (χ1v) is 9.98. The summed E-state index contributed by atoms with van der Waals surface area (Å²) >= 11 is 0. The first-order chi connectivity index (χ1) is 16.0. The van der Waals surface area contributed by atoms with Crippen LogP contribution in [0, 0.1) is 0 Å². The number of phenolic OH excluding ortho intramolecular Hbond substituents is 1. The number of nitrogens with one attached hydrogen (secondary N) is 1. The number of methoxy groups -OCH3 is 1. The van der Waals surface area contributed by atoms with Crippen LogP contribution in [0.15, 0.2) is 89.1 Å². The van der Waals surface area contributed by atoms with E-state index in [4.69, 9.17) is 10.5 Å². The number of nitrogens with zero attached hydrogens (tertiary/aromatic N) is 2. The second-order valence-electron chi connectivity index (χ2n) is 7.11. The molecule has 4 aromatic carbocycles. The minimum Gasteiger partial charge on any atom is -0.505 e. The van der Waals surface area contributed by atoms with E-state index >= 15 is 0 Å². The van der Waals surface area contributed by atoms with Gasteiger partial charge in [0.1, 0.15) is 17.1 Å². The van der Waals surface area contributed by atoms with Crippen LogP contribution in [-0.2, 0) is 0 Å². The maximum atomic E-state index is 12.9. The van der Waals surface area contributed by atoms with Crippen LogP contribution >= 0.6 is 0 Å². The molecule has 4 rings (SSSR count). The highest BCUT2D eigenvalue weighted by Crippen LogP contribution is 2.40. The highest BCUT2D eigenvalue weighted by Gasteiger charge is 2.19. The van der Waals surface area contributed by atoms with E-state index in [1.165, 1.54) is 19.2 Å². The van der Waals surface area contributed by atoms with Crippen molar-refractivity contribution in [1.82, 2.24) is 0 Å². The number of carbonyl (C=O) groups is 2. The standard InChI is InChI=1S/C25H20N4O4/c1-33-21-12-11-16(24(26)31)14-20(21)28-29-22-18-10-6-5-7-15(18)13-19(23(22)30)25(32)27-17-8-3-2-4-9-17/h2-14,30H,1H3,(H2,26,31)(H,27,32)/b29-28+. The Hall–Kier alpha value is -4.72. The van der Waals surface area contributed by atoms with Crippen molar-refractivity contribution >= 4 is 39.6 Å². The first-order valence-electron chi connectivity index (χ1n) is 9.98. The third-order valence-electron chi connectivity index (χ3n) is 4.99. The van der Waals surface area contributed by atoms with Gasteiger partial charge in [-0.3, -0.25) is 9.59 Å². The molecule has 0 atom stereocenters. The van der Waals surface area contributed by atoms with E-state index in [0.29, 0.717) is 22.2 Å². The molecular weight excluding hydrogens is 420 g/mol. The van der Waals surface area contributed by atoms with Gasteiger partial charge in [-0.2, -0.15) is 0 Å². The predicted molar refractivity (Wildman–Crippen MR) is 126 cm³/mol. The Morgan fingerprint density at radius 3 is 2.39 bits per heavy atom. The maximum absolute atomic E-state index is 12.9. The van der Waals surface area contributed by atoms with Crippen molar-refractivity contribution in [2.24, 2.45) is 16.0 Å². The Morgan fingerprint density at radius 2 is 1.67 bits per heavy atom. The summed E-state index contributed by atoms with van der Waals surface area (Å²) in [6, 6.07) is 22.2. The molecule has 4 aromatic rings. The molecule has 0 spiro atoms. The van der Waals surface area contributed by atoms with Crippen molar-refractivity contribution in [2.45, 2.75) is 0 Å². The lowest BCUT2D eigenvalue weighted by Crippen LogP contribution is -2.12. The van der Waals surface area contributed by atoms with Gasteiger partial charge in [0.05, 0.1) is 12.7 Å². The minimum atomic E-state index is -0.623. The fourth-order valence-electron chi connectivity index (χ4n) is 3.34. The molecule has 0 aliphatic heterocycles. The fraction of sp³-hybridized carbons (Fsp3) is 0.0400. The van der Waals surface area contributed by atoms with E-state index in [9.17, 15) is 14.7 Å². The van der Waals surface area contributed by atoms with Gasteiger partial charge in [-0.05, 0) is 41.8 Å². The van der Waals surface area contributed by atoms with Gasteiger partial charge in [0, 0.05) is 16.6 Å². The van der Waals surface area contributed by atoms with Crippen LogP contribution < -0.4 is 15.8 Å². The lowest BCUT2D eigenvalue weighted by molar-refractivity contribution is 0.0997. The number of aromatic hydroxyl groups is 1. The van der Waals surface area contributed by atoms with Crippen molar-refractivity contribution in [1.29, 1.82) is 0 Å². The molecule has 33 heavy (non-hydrogen) atoms. The molecule has 8 heteroatoms. The average Bonchev–Trinajstić information content (AvgIpc) is 2.83. The number of hydrogen-bond donors (Lipinski definition) is 3. The zero-order valence-corrected chi connectivity index (χ0v) is 17.6. The van der Waals surface area contributed by atoms with Crippen LogP contribution in [0.3, 0.4) is 0 Å². The fourth-order valence-corrected chi connectivity index (χ4v) is 3.34. The van der Waals surface area contributed by atoms with Crippen LogP contribution in [-0.4, -0.2) is 24.0 Å². The van der Waals surface area contributed by atoms with Gasteiger partial charge in [0.2, 0.25) is 5.91 Å². The summed E-state index contributed by atoms with van der Waals surface area (Å²) in [5.74, 6) is -1.07. The summed E-state index contributed by atoms with van der Waals surface area (Å²) in [4.78, 5) is 24.5. The molecule has 0 aliphatic carbocycles. The number of benzene rings is 4. The number of carbonyl (C=O) groups excluding carboxylic acids is 2. The molecule has 0 heterocycles. The number of rotatable bonds is 6. The third-order valence-corrected chi connectivity index (χ3v) is 4.99. The number of azo groups is 1. The number of primary amides is 1. The largest absolute Gasteiger partial charge is 0.505 e. The van der Waals surface area contributed by atoms with E-state index in [1.807, 2.05) is 12.1 Å². The summed E-state index contributed by atoms with van der Waals surface area (Å²) in [5, 5.41) is 23.4. The van der Waals surface area contributed by atoms with Gasteiger partial charge in [-0.1, -0.05) is 42.5 Å². The molecule has 4 N–H and O–H groups in total. The van der Waals surface area contributed by atoms with E-state index in [0.717, 1.165) is 0 Å². The summed E-state index contributed by atoms with van der Waals surface area (Å²) in [7, 11) is 1.46. The average molecular weight is 440 g/mol. The smallest absolute Gasteiger partial charge is 0.259 e. The van der Waals surface area contributed by atoms with Crippen LogP contribution in [0.5, 0.6) is 11.5 Å². The van der Waals surface area contributed by atoms with E-state index in [1.54, 1.807) is 54.6 Å². The van der Waals surface area contributed by atoms with Crippen molar-refractivity contribution in [3.05, 3.63) is 90.0 Å². The Labute approximate surface area is 189 Å². The molecule has 8 nitrogen and oxygen atoms in total. The highest BCUT2D eigenvalue weighted by atomic mass is 16.5. The number of para-hydroxylation sites is 1. The molecule has 0 saturated carbocycles. The number of fused-ring (bicyclic) bond motifs is 1. The van der Waals surface area contributed by atoms with Crippen molar-refractivity contribution in [3.8, 4) is 11.5 Å². The molecule has 0 aromatic heterocycles. The number of nitrogens with two attached hydrogens (primary N) is 1. The quantitative estimate of drug-likeness (QED) is 0.351. The number of anilines is 1. The number of phenols is 1. The lowest BCUT2D eigenvalue weighted by Gasteiger charge is -2.11. The van der Waals surface area contributed by atoms with Gasteiger partial charge in [-0.25, -0.2) is 0 Å². The SMILES string of the molecule is COc1ccc(C(N)=O)cc1/N=N/c1c(O)c(C(=O)Nc2ccccc2)cc2ccccc12.